The molecule has 0 radical (unpaired) electrons. The first kappa shape index (κ1) is 19.9. The van der Waals surface area contributed by atoms with Gasteiger partial charge in [-0.3, -0.25) is 0 Å². The summed E-state index contributed by atoms with van der Waals surface area (Å²) in [6, 6.07) is 10.4. The number of rotatable bonds is 1. The smallest absolute Gasteiger partial charge is 0.159 e. The van der Waals surface area contributed by atoms with E-state index in [2.05, 4.69) is 51.2 Å². The zero-order valence-electron chi connectivity index (χ0n) is 19.3. The molecule has 6 rings (SSSR count). The van der Waals surface area contributed by atoms with Gasteiger partial charge in [0.2, 0.25) is 0 Å². The van der Waals surface area contributed by atoms with E-state index in [4.69, 9.17) is 9.97 Å². The molecule has 1 aromatic heterocycles. The monoisotopic (exact) mass is 416 g/mol. The van der Waals surface area contributed by atoms with E-state index in [9.17, 15) is 5.11 Å². The molecule has 31 heavy (non-hydrogen) atoms. The molecule has 3 saturated carbocycles. The molecule has 0 unspecified atom stereocenters. The van der Waals surface area contributed by atoms with Gasteiger partial charge in [0.25, 0.3) is 0 Å². The molecule has 0 saturated heterocycles. The highest BCUT2D eigenvalue weighted by Gasteiger charge is 2.63. The molecule has 4 aliphatic carbocycles. The summed E-state index contributed by atoms with van der Waals surface area (Å²) in [5, 5.41) is 11.2. The maximum Gasteiger partial charge on any atom is 0.159 e. The predicted molar refractivity (Wildman–Crippen MR) is 123 cm³/mol. The van der Waals surface area contributed by atoms with Gasteiger partial charge >= 0.3 is 0 Å². The molecule has 3 fully saturated rings. The van der Waals surface area contributed by atoms with Gasteiger partial charge < -0.3 is 5.11 Å². The van der Waals surface area contributed by atoms with E-state index >= 15 is 0 Å². The largest absolute Gasteiger partial charge is 0.390 e. The van der Waals surface area contributed by atoms with E-state index in [1.54, 1.807) is 0 Å². The maximum absolute atomic E-state index is 11.2. The van der Waals surface area contributed by atoms with Crippen molar-refractivity contribution in [3.05, 3.63) is 47.8 Å². The summed E-state index contributed by atoms with van der Waals surface area (Å²) in [6.45, 7) is 7.09. The van der Waals surface area contributed by atoms with Crippen LogP contribution >= 0.6 is 0 Å². The number of fused-ring (bicyclic) bond motifs is 6. The number of hydrogen-bond acceptors (Lipinski definition) is 3. The Morgan fingerprint density at radius 3 is 2.52 bits per heavy atom. The highest BCUT2D eigenvalue weighted by atomic mass is 16.3. The van der Waals surface area contributed by atoms with Crippen LogP contribution in [0.4, 0.5) is 0 Å². The fraction of sp³-hybridized carbons (Fsp3) is 0.643. The minimum absolute atomic E-state index is 0.109. The van der Waals surface area contributed by atoms with Crippen LogP contribution in [-0.2, 0) is 12.8 Å². The van der Waals surface area contributed by atoms with Crippen LogP contribution in [0.5, 0.6) is 0 Å². The minimum Gasteiger partial charge on any atom is -0.390 e. The fourth-order valence-electron chi connectivity index (χ4n) is 8.53. The van der Waals surface area contributed by atoms with Crippen LogP contribution in [0.1, 0.15) is 70.6 Å². The molecule has 0 aliphatic heterocycles. The lowest BCUT2D eigenvalue weighted by molar-refractivity contribution is -0.139. The van der Waals surface area contributed by atoms with Crippen molar-refractivity contribution in [2.24, 2.45) is 34.5 Å². The molecule has 164 valence electrons. The van der Waals surface area contributed by atoms with Gasteiger partial charge in [-0.05, 0) is 98.4 Å². The van der Waals surface area contributed by atoms with E-state index in [0.29, 0.717) is 11.3 Å². The number of nitrogens with zero attached hydrogens (tertiary/aromatic N) is 2. The lowest BCUT2D eigenvalue weighted by Crippen LogP contribution is -2.56. The molecule has 0 amide bonds. The summed E-state index contributed by atoms with van der Waals surface area (Å²) in [5.74, 6) is 3.85. The van der Waals surface area contributed by atoms with Crippen LogP contribution in [0.15, 0.2) is 36.5 Å². The zero-order chi connectivity index (χ0) is 21.4. The molecule has 1 heterocycles. The average molecular weight is 417 g/mol. The van der Waals surface area contributed by atoms with Gasteiger partial charge in [0.15, 0.2) is 5.82 Å². The third-order valence-electron chi connectivity index (χ3n) is 10.6. The molecular weight excluding hydrogens is 380 g/mol. The average Bonchev–Trinajstić information content (AvgIpc) is 3.01. The van der Waals surface area contributed by atoms with Crippen molar-refractivity contribution >= 4 is 0 Å². The maximum atomic E-state index is 11.2. The van der Waals surface area contributed by atoms with Crippen molar-refractivity contribution in [3.63, 3.8) is 0 Å². The molecule has 1 aromatic carbocycles. The van der Waals surface area contributed by atoms with Gasteiger partial charge in [-0.2, -0.15) is 0 Å². The Bertz CT molecular complexity index is 1000. The summed E-state index contributed by atoms with van der Waals surface area (Å²) < 4.78 is 0. The third kappa shape index (κ3) is 2.74. The van der Waals surface area contributed by atoms with Crippen LogP contribution in [0.3, 0.4) is 0 Å². The van der Waals surface area contributed by atoms with Crippen LogP contribution in [-0.4, -0.2) is 20.7 Å². The third-order valence-corrected chi connectivity index (χ3v) is 10.6. The Morgan fingerprint density at radius 2 is 1.71 bits per heavy atom. The Kier molecular flexibility index (Phi) is 4.26. The van der Waals surface area contributed by atoms with Gasteiger partial charge in [0.1, 0.15) is 0 Å². The summed E-state index contributed by atoms with van der Waals surface area (Å²) in [7, 11) is 0. The molecule has 3 nitrogen and oxygen atoms in total. The molecule has 0 bridgehead atoms. The highest BCUT2D eigenvalue weighted by Crippen LogP contribution is 2.67. The lowest BCUT2D eigenvalue weighted by Gasteiger charge is -2.61. The van der Waals surface area contributed by atoms with Crippen molar-refractivity contribution in [3.8, 4) is 11.4 Å². The number of aromatic nitrogens is 2. The van der Waals surface area contributed by atoms with Crippen molar-refractivity contribution in [1.82, 2.24) is 9.97 Å². The molecule has 0 spiro atoms. The number of benzene rings is 1. The number of aliphatic hydroxyl groups is 1. The van der Waals surface area contributed by atoms with E-state index in [-0.39, 0.29) is 5.41 Å². The lowest BCUT2D eigenvalue weighted by atomic mass is 9.44. The summed E-state index contributed by atoms with van der Waals surface area (Å²) in [5.41, 5.74) is 3.76. The first-order chi connectivity index (χ1) is 14.8. The summed E-state index contributed by atoms with van der Waals surface area (Å²) >= 11 is 0. The Morgan fingerprint density at radius 1 is 0.935 bits per heavy atom. The van der Waals surface area contributed by atoms with Gasteiger partial charge in [0.05, 0.1) is 5.60 Å². The Hall–Kier alpha value is -1.74. The number of hydrogen-bond donors (Lipinski definition) is 1. The van der Waals surface area contributed by atoms with Crippen molar-refractivity contribution in [2.75, 3.05) is 0 Å². The second-order valence-electron chi connectivity index (χ2n) is 11.8. The summed E-state index contributed by atoms with van der Waals surface area (Å²) in [4.78, 5) is 9.82. The molecule has 7 atom stereocenters. The molecule has 1 N–H and O–H groups in total. The first-order valence-corrected chi connectivity index (χ1v) is 12.4. The molecular formula is C28H36N2O. The van der Waals surface area contributed by atoms with E-state index < -0.39 is 5.60 Å². The molecule has 2 aromatic rings. The zero-order valence-corrected chi connectivity index (χ0v) is 19.3. The van der Waals surface area contributed by atoms with Gasteiger partial charge in [-0.25, -0.2) is 9.97 Å². The van der Waals surface area contributed by atoms with E-state index in [0.717, 1.165) is 48.4 Å². The fourth-order valence-corrected chi connectivity index (χ4v) is 8.53. The minimum atomic E-state index is -0.485. The normalized spacial score (nSPS) is 43.5. The Labute approximate surface area is 186 Å². The van der Waals surface area contributed by atoms with E-state index in [1.807, 2.05) is 6.07 Å². The molecule has 3 heteroatoms. The van der Waals surface area contributed by atoms with Crippen LogP contribution < -0.4 is 0 Å². The van der Waals surface area contributed by atoms with Crippen LogP contribution in [0, 0.1) is 34.5 Å². The van der Waals surface area contributed by atoms with Crippen molar-refractivity contribution < 1.29 is 5.11 Å². The second kappa shape index (κ2) is 6.63. The van der Waals surface area contributed by atoms with Gasteiger partial charge in [-0.1, -0.05) is 44.2 Å². The van der Waals surface area contributed by atoms with E-state index in [1.165, 1.54) is 43.4 Å². The van der Waals surface area contributed by atoms with Gasteiger partial charge in [-0.15, -0.1) is 0 Å². The second-order valence-corrected chi connectivity index (χ2v) is 11.8. The van der Waals surface area contributed by atoms with Crippen molar-refractivity contribution in [1.29, 1.82) is 0 Å². The highest BCUT2D eigenvalue weighted by molar-refractivity contribution is 5.55. The van der Waals surface area contributed by atoms with Crippen LogP contribution in [0.25, 0.3) is 11.4 Å². The Balaban J connectivity index is 1.32. The molecule has 4 aliphatic rings. The van der Waals surface area contributed by atoms with Crippen molar-refractivity contribution in [2.45, 2.75) is 77.7 Å². The first-order valence-electron chi connectivity index (χ1n) is 12.4. The topological polar surface area (TPSA) is 46.0 Å². The standard InChI is InChI=1S/C28H36N2O/c1-26-16-19-17-29-25(18-7-5-4-6-8-18)30-24(19)15-20(26)9-10-21-22(26)11-13-27(2)23(21)12-14-28(27,3)31/h4-8,17,20-23,31H,9-16H2,1-3H3/t20-,21-,22+,23-,26-,27-,28+/m0/s1. The SMILES string of the molecule is C[C@]12Cc3cnc(-c4ccccc4)nc3C[C@@H]1CC[C@H]1[C@H]2CC[C@@]2(C)[C@H]1CC[C@@]2(C)O. The quantitative estimate of drug-likeness (QED) is 0.634. The predicted octanol–water partition coefficient (Wildman–Crippen LogP) is 5.85. The summed E-state index contributed by atoms with van der Waals surface area (Å²) in [6.07, 6.45) is 11.7. The van der Waals surface area contributed by atoms with Crippen LogP contribution in [0.2, 0.25) is 0 Å². The van der Waals surface area contributed by atoms with Gasteiger partial charge in [0, 0.05) is 17.5 Å².